The van der Waals surface area contributed by atoms with Gasteiger partial charge in [-0.2, -0.15) is 0 Å². The molecule has 224 valence electrons. The topological polar surface area (TPSA) is 0 Å². The van der Waals surface area contributed by atoms with E-state index in [9.17, 15) is 0 Å². The molecule has 0 aliphatic rings. The zero-order valence-electron chi connectivity index (χ0n) is 26.0. The molecule has 48 heavy (non-hydrogen) atoms. The molecule has 0 aliphatic carbocycles. The highest BCUT2D eigenvalue weighted by molar-refractivity contribution is 7.28. The first kappa shape index (κ1) is 27.6. The van der Waals surface area contributed by atoms with Gasteiger partial charge in [-0.1, -0.05) is 152 Å². The molecule has 0 fully saturated rings. The Bertz CT molecular complexity index is 2750. The van der Waals surface area contributed by atoms with Crippen LogP contribution in [0.1, 0.15) is 0 Å². The van der Waals surface area contributed by atoms with Crippen molar-refractivity contribution in [2.75, 3.05) is 0 Å². The number of benzene rings is 8. The predicted molar refractivity (Wildman–Crippen MR) is 211 cm³/mol. The lowest BCUT2D eigenvalue weighted by Crippen LogP contribution is -1.90. The Hall–Kier alpha value is -5.54. The van der Waals surface area contributed by atoms with Gasteiger partial charge in [0.2, 0.25) is 0 Å². The van der Waals surface area contributed by atoms with Crippen molar-refractivity contribution in [3.63, 3.8) is 0 Å². The summed E-state index contributed by atoms with van der Waals surface area (Å²) in [5.74, 6) is 0. The lowest BCUT2D eigenvalue weighted by molar-refractivity contribution is 1.66. The highest BCUT2D eigenvalue weighted by atomic mass is 32.1. The second-order valence-corrected chi connectivity index (χ2v) is 14.5. The third-order valence-electron chi connectivity index (χ3n) is 9.67. The lowest BCUT2D eigenvalue weighted by Gasteiger charge is -2.17. The van der Waals surface area contributed by atoms with Crippen LogP contribution in [0.15, 0.2) is 170 Å². The third kappa shape index (κ3) is 4.20. The molecule has 0 N–H and O–H groups in total. The van der Waals surface area contributed by atoms with Crippen LogP contribution in [0, 0.1) is 0 Å². The van der Waals surface area contributed by atoms with Gasteiger partial charge in [0, 0.05) is 40.7 Å². The summed E-state index contributed by atoms with van der Waals surface area (Å²) in [6, 6.07) is 62.3. The summed E-state index contributed by atoms with van der Waals surface area (Å²) in [5.41, 5.74) is 8.97. The predicted octanol–water partition coefficient (Wildman–Crippen LogP) is 14.2. The number of hydrogen-bond donors (Lipinski definition) is 0. The van der Waals surface area contributed by atoms with Crippen LogP contribution in [0.4, 0.5) is 0 Å². The lowest BCUT2D eigenvalue weighted by atomic mass is 9.86. The molecule has 0 saturated heterocycles. The average molecular weight is 645 g/mol. The second kappa shape index (κ2) is 11.0. The van der Waals surface area contributed by atoms with Crippen LogP contribution < -0.4 is 0 Å². The van der Waals surface area contributed by atoms with E-state index >= 15 is 0 Å². The van der Waals surface area contributed by atoms with Gasteiger partial charge in [-0.15, -0.1) is 22.7 Å². The van der Waals surface area contributed by atoms with Crippen molar-refractivity contribution in [1.82, 2.24) is 0 Å². The molecule has 0 amide bonds. The second-order valence-electron chi connectivity index (χ2n) is 12.4. The fraction of sp³-hybridized carbons (Fsp3) is 0. The Morgan fingerprint density at radius 1 is 0.292 bits per heavy atom. The van der Waals surface area contributed by atoms with Gasteiger partial charge in [0.25, 0.3) is 0 Å². The van der Waals surface area contributed by atoms with Crippen LogP contribution in [0.3, 0.4) is 0 Å². The van der Waals surface area contributed by atoms with E-state index in [0.29, 0.717) is 0 Å². The molecule has 0 nitrogen and oxygen atoms in total. The van der Waals surface area contributed by atoms with Crippen molar-refractivity contribution in [3.05, 3.63) is 170 Å². The summed E-state index contributed by atoms with van der Waals surface area (Å²) in [7, 11) is 0. The van der Waals surface area contributed by atoms with Gasteiger partial charge in [0.1, 0.15) is 0 Å². The van der Waals surface area contributed by atoms with Crippen LogP contribution in [0.5, 0.6) is 0 Å². The van der Waals surface area contributed by atoms with E-state index in [1.165, 1.54) is 95.6 Å². The molecule has 2 heteroatoms. The highest BCUT2D eigenvalue weighted by Gasteiger charge is 2.21. The zero-order chi connectivity index (χ0) is 31.6. The summed E-state index contributed by atoms with van der Waals surface area (Å²) in [4.78, 5) is 1.33. The van der Waals surface area contributed by atoms with Crippen LogP contribution in [-0.2, 0) is 0 Å². The first-order valence-corrected chi connectivity index (χ1v) is 18.0. The maximum atomic E-state index is 2.47. The monoisotopic (exact) mass is 644 g/mol. The fourth-order valence-electron chi connectivity index (χ4n) is 7.61. The summed E-state index contributed by atoms with van der Waals surface area (Å²) in [6.07, 6.45) is 0. The van der Waals surface area contributed by atoms with Crippen molar-refractivity contribution in [2.45, 2.75) is 0 Å². The molecular weight excluding hydrogens is 617 g/mol. The van der Waals surface area contributed by atoms with Gasteiger partial charge in [0.15, 0.2) is 0 Å². The van der Waals surface area contributed by atoms with Crippen LogP contribution in [0.25, 0.3) is 95.6 Å². The van der Waals surface area contributed by atoms with Crippen molar-refractivity contribution in [1.29, 1.82) is 0 Å². The zero-order valence-corrected chi connectivity index (χ0v) is 27.6. The molecule has 10 aromatic rings. The Morgan fingerprint density at radius 2 is 0.771 bits per heavy atom. The van der Waals surface area contributed by atoms with E-state index in [1.807, 2.05) is 22.7 Å². The van der Waals surface area contributed by atoms with Gasteiger partial charge in [-0.25, -0.2) is 0 Å². The Kier molecular flexibility index (Phi) is 6.33. The van der Waals surface area contributed by atoms with Crippen LogP contribution in [0.2, 0.25) is 0 Å². The average Bonchev–Trinajstić information content (AvgIpc) is 3.73. The number of fused-ring (bicyclic) bond motifs is 7. The summed E-state index contributed by atoms with van der Waals surface area (Å²) in [6.45, 7) is 0. The molecule has 0 atom stereocenters. The number of rotatable bonds is 4. The molecule has 10 rings (SSSR count). The molecule has 0 bridgehead atoms. The normalized spacial score (nSPS) is 11.8. The summed E-state index contributed by atoms with van der Waals surface area (Å²) in [5, 5.41) is 9.17. The van der Waals surface area contributed by atoms with Gasteiger partial charge >= 0.3 is 0 Å². The first-order chi connectivity index (χ1) is 23.8. The standard InChI is InChI=1S/C46H28S2/c1-4-14-29(15-5-1)41-33-20-10-12-22-35(33)42(36-23-13-11-21-34(36)41)32-24-26-39-38(28-32)44-40(47-39)27-25-37-43(30-16-6-2-7-17-30)45(48-46(37)44)31-18-8-3-9-19-31/h1-28H. The third-order valence-corrected chi connectivity index (χ3v) is 12.1. The van der Waals surface area contributed by atoms with E-state index in [1.54, 1.807) is 0 Å². The quantitative estimate of drug-likeness (QED) is 0.167. The van der Waals surface area contributed by atoms with E-state index in [4.69, 9.17) is 0 Å². The minimum atomic E-state index is 1.25. The van der Waals surface area contributed by atoms with Gasteiger partial charge < -0.3 is 0 Å². The van der Waals surface area contributed by atoms with Gasteiger partial charge in [0.05, 0.1) is 0 Å². The van der Waals surface area contributed by atoms with Gasteiger partial charge in [-0.05, 0) is 73.1 Å². The molecule has 0 radical (unpaired) electrons. The SMILES string of the molecule is c1ccc(-c2sc3c(ccc4sc5ccc(-c6c7ccccc7c(-c7ccccc7)c7ccccc67)cc5c43)c2-c2ccccc2)cc1. The minimum absolute atomic E-state index is 1.25. The van der Waals surface area contributed by atoms with E-state index in [2.05, 4.69) is 170 Å². The van der Waals surface area contributed by atoms with Crippen LogP contribution >= 0.6 is 22.7 Å². The van der Waals surface area contributed by atoms with E-state index < -0.39 is 0 Å². The molecule has 0 saturated carbocycles. The minimum Gasteiger partial charge on any atom is -0.135 e. The van der Waals surface area contributed by atoms with Crippen LogP contribution in [-0.4, -0.2) is 0 Å². The highest BCUT2D eigenvalue weighted by Crippen LogP contribution is 2.51. The first-order valence-electron chi connectivity index (χ1n) is 16.4. The maximum absolute atomic E-state index is 2.47. The van der Waals surface area contributed by atoms with Crippen molar-refractivity contribution in [3.8, 4) is 43.8 Å². The molecule has 2 aromatic heterocycles. The molecule has 8 aromatic carbocycles. The molecular formula is C46H28S2. The Balaban J connectivity index is 1.29. The Labute approximate surface area is 286 Å². The van der Waals surface area contributed by atoms with E-state index in [0.717, 1.165) is 0 Å². The van der Waals surface area contributed by atoms with Crippen molar-refractivity contribution < 1.29 is 0 Å². The fourth-order valence-corrected chi connectivity index (χ4v) is 10.2. The smallest absolute Gasteiger partial charge is 0.0449 e. The van der Waals surface area contributed by atoms with E-state index in [-0.39, 0.29) is 0 Å². The molecule has 0 aliphatic heterocycles. The number of hydrogen-bond acceptors (Lipinski definition) is 2. The van der Waals surface area contributed by atoms with Gasteiger partial charge in [-0.3, -0.25) is 0 Å². The molecule has 0 unspecified atom stereocenters. The number of thiophene rings is 2. The maximum Gasteiger partial charge on any atom is 0.0449 e. The summed E-state index contributed by atoms with van der Waals surface area (Å²) < 4.78 is 4.03. The van der Waals surface area contributed by atoms with Crippen molar-refractivity contribution in [2.24, 2.45) is 0 Å². The molecule has 2 heterocycles. The summed E-state index contributed by atoms with van der Waals surface area (Å²) >= 11 is 3.83. The largest absolute Gasteiger partial charge is 0.135 e. The van der Waals surface area contributed by atoms with Crippen molar-refractivity contribution >= 4 is 74.5 Å². The molecule has 0 spiro atoms. The Morgan fingerprint density at radius 3 is 1.35 bits per heavy atom.